The summed E-state index contributed by atoms with van der Waals surface area (Å²) >= 11 is 18.3. The van der Waals surface area contributed by atoms with Gasteiger partial charge >= 0.3 is 0 Å². The Morgan fingerprint density at radius 2 is 1.49 bits per heavy atom. The standard InChI is InChI=1S/C21H13ClN6O4S3/c22-13-1-5-15(6-2-13)25(19(33)23-14-3-7-17(8-4-14)27(29)30)21-24-20(34)26(35-21)16-9-11-18(12-10-16)28(31)32/h1-12H,(H,23,33). The molecule has 0 saturated heterocycles. The van der Waals surface area contributed by atoms with Gasteiger partial charge in [-0.25, -0.2) is 3.96 Å². The van der Waals surface area contributed by atoms with Gasteiger partial charge in [-0.1, -0.05) is 11.6 Å². The first-order valence-corrected chi connectivity index (χ1v) is 11.7. The molecule has 0 atom stereocenters. The summed E-state index contributed by atoms with van der Waals surface area (Å²) in [7, 11) is 0. The molecule has 0 radical (unpaired) electrons. The van der Waals surface area contributed by atoms with Crippen molar-refractivity contribution in [1.29, 1.82) is 0 Å². The number of halogens is 1. The molecule has 176 valence electrons. The van der Waals surface area contributed by atoms with E-state index in [4.69, 9.17) is 36.0 Å². The predicted octanol–water partition coefficient (Wildman–Crippen LogP) is 6.67. The lowest BCUT2D eigenvalue weighted by atomic mass is 10.3. The lowest BCUT2D eigenvalue weighted by Crippen LogP contribution is -2.30. The normalized spacial score (nSPS) is 10.5. The highest BCUT2D eigenvalue weighted by Crippen LogP contribution is 2.32. The van der Waals surface area contributed by atoms with Gasteiger partial charge < -0.3 is 5.32 Å². The number of nitro groups is 2. The van der Waals surface area contributed by atoms with E-state index in [0.29, 0.717) is 27.2 Å². The minimum absolute atomic E-state index is 0.0405. The number of nitro benzene ring substituents is 2. The minimum Gasteiger partial charge on any atom is -0.332 e. The van der Waals surface area contributed by atoms with Crippen molar-refractivity contribution in [2.24, 2.45) is 0 Å². The van der Waals surface area contributed by atoms with E-state index < -0.39 is 9.85 Å². The number of aromatic nitrogens is 2. The van der Waals surface area contributed by atoms with Gasteiger partial charge in [0.2, 0.25) is 9.90 Å². The number of rotatable bonds is 6. The van der Waals surface area contributed by atoms with Crippen LogP contribution >= 0.6 is 47.6 Å². The molecule has 0 fully saturated rings. The van der Waals surface area contributed by atoms with E-state index in [2.05, 4.69) is 10.3 Å². The van der Waals surface area contributed by atoms with Gasteiger partial charge in [0.1, 0.15) is 0 Å². The molecule has 0 aliphatic rings. The van der Waals surface area contributed by atoms with E-state index in [0.717, 1.165) is 0 Å². The van der Waals surface area contributed by atoms with Gasteiger partial charge in [0.15, 0.2) is 5.11 Å². The monoisotopic (exact) mass is 544 g/mol. The van der Waals surface area contributed by atoms with Gasteiger partial charge in [-0.15, -0.1) is 0 Å². The number of nitrogens with zero attached hydrogens (tertiary/aromatic N) is 5. The van der Waals surface area contributed by atoms with Crippen molar-refractivity contribution >= 4 is 80.6 Å². The van der Waals surface area contributed by atoms with Crippen LogP contribution in [-0.4, -0.2) is 23.9 Å². The number of hydrogen-bond acceptors (Lipinski definition) is 8. The fourth-order valence-electron chi connectivity index (χ4n) is 2.98. The molecule has 14 heteroatoms. The third kappa shape index (κ3) is 5.49. The van der Waals surface area contributed by atoms with E-state index in [9.17, 15) is 20.2 Å². The zero-order valence-electron chi connectivity index (χ0n) is 17.4. The first-order chi connectivity index (χ1) is 16.7. The van der Waals surface area contributed by atoms with E-state index in [1.807, 2.05) is 0 Å². The summed E-state index contributed by atoms with van der Waals surface area (Å²) in [5.41, 5.74) is 1.71. The molecule has 0 saturated carbocycles. The van der Waals surface area contributed by atoms with Gasteiger partial charge in [-0.3, -0.25) is 25.1 Å². The highest BCUT2D eigenvalue weighted by atomic mass is 35.5. The Kier molecular flexibility index (Phi) is 7.12. The van der Waals surface area contributed by atoms with Crippen LogP contribution in [-0.2, 0) is 0 Å². The Morgan fingerprint density at radius 1 is 0.943 bits per heavy atom. The molecular weight excluding hydrogens is 532 g/mol. The molecular formula is C21H13ClN6O4S3. The van der Waals surface area contributed by atoms with Crippen LogP contribution in [0.1, 0.15) is 0 Å². The van der Waals surface area contributed by atoms with E-state index >= 15 is 0 Å². The molecule has 0 spiro atoms. The lowest BCUT2D eigenvalue weighted by molar-refractivity contribution is -0.385. The summed E-state index contributed by atoms with van der Waals surface area (Å²) in [6.45, 7) is 0. The first kappa shape index (κ1) is 24.3. The first-order valence-electron chi connectivity index (χ1n) is 9.69. The molecule has 0 aliphatic carbocycles. The van der Waals surface area contributed by atoms with Crippen molar-refractivity contribution in [2.75, 3.05) is 10.2 Å². The predicted molar refractivity (Wildman–Crippen MR) is 142 cm³/mol. The summed E-state index contributed by atoms with van der Waals surface area (Å²) in [6, 6.07) is 18.7. The third-order valence-electron chi connectivity index (χ3n) is 4.64. The van der Waals surface area contributed by atoms with Crippen molar-refractivity contribution in [1.82, 2.24) is 8.94 Å². The van der Waals surface area contributed by atoms with Gasteiger partial charge in [-0.2, -0.15) is 4.98 Å². The number of nitrogens with one attached hydrogen (secondary N) is 1. The number of non-ortho nitro benzene ring substituents is 2. The molecule has 0 amide bonds. The smallest absolute Gasteiger partial charge is 0.269 e. The fourth-order valence-corrected chi connectivity index (χ4v) is 4.75. The Balaban J connectivity index is 1.70. The van der Waals surface area contributed by atoms with Crippen LogP contribution in [0, 0.1) is 25.0 Å². The molecule has 4 aromatic rings. The van der Waals surface area contributed by atoms with E-state index in [-0.39, 0.29) is 21.3 Å². The highest BCUT2D eigenvalue weighted by Gasteiger charge is 2.21. The Hall–Kier alpha value is -3.78. The SMILES string of the molecule is O=[N+]([O-])c1ccc(NC(=S)N(c2ccc(Cl)cc2)c2nc(=S)n(-c3ccc([N+](=O)[O-])cc3)s2)cc1. The van der Waals surface area contributed by atoms with Gasteiger partial charge in [0, 0.05) is 35.0 Å². The van der Waals surface area contributed by atoms with Crippen molar-refractivity contribution < 1.29 is 9.85 Å². The molecule has 0 aliphatic heterocycles. The number of thiocarbonyl (C=S) groups is 1. The molecule has 1 N–H and O–H groups in total. The van der Waals surface area contributed by atoms with Crippen LogP contribution < -0.4 is 10.2 Å². The average molecular weight is 545 g/mol. The quantitative estimate of drug-likeness (QED) is 0.161. The number of hydrogen-bond donors (Lipinski definition) is 1. The summed E-state index contributed by atoms with van der Waals surface area (Å²) in [5, 5.41) is 26.2. The Labute approximate surface area is 217 Å². The highest BCUT2D eigenvalue weighted by molar-refractivity contribution is 7.80. The van der Waals surface area contributed by atoms with Crippen LogP contribution in [0.5, 0.6) is 0 Å². The Morgan fingerprint density at radius 3 is 2.03 bits per heavy atom. The molecule has 1 aromatic heterocycles. The number of benzene rings is 3. The van der Waals surface area contributed by atoms with Gasteiger partial charge in [-0.05, 0) is 84.5 Å². The molecule has 3 aromatic carbocycles. The molecule has 10 nitrogen and oxygen atoms in total. The average Bonchev–Trinajstić information content (AvgIpc) is 3.21. The molecule has 1 heterocycles. The van der Waals surface area contributed by atoms with Crippen molar-refractivity contribution in [3.8, 4) is 5.69 Å². The second kappa shape index (κ2) is 10.2. The van der Waals surface area contributed by atoms with Crippen LogP contribution in [0.3, 0.4) is 0 Å². The van der Waals surface area contributed by atoms with Crippen LogP contribution in [0.4, 0.5) is 27.9 Å². The van der Waals surface area contributed by atoms with E-state index in [1.54, 1.807) is 57.4 Å². The molecule has 4 rings (SSSR count). The molecule has 0 unspecified atom stereocenters. The second-order valence-corrected chi connectivity index (χ2v) is 8.98. The minimum atomic E-state index is -0.486. The fraction of sp³-hybridized carbons (Fsp3) is 0. The topological polar surface area (TPSA) is 119 Å². The zero-order chi connectivity index (χ0) is 25.1. The van der Waals surface area contributed by atoms with Crippen molar-refractivity contribution in [3.63, 3.8) is 0 Å². The summed E-state index contributed by atoms with van der Waals surface area (Å²) < 4.78 is 1.88. The summed E-state index contributed by atoms with van der Waals surface area (Å²) in [5.74, 6) is 0. The Bertz CT molecular complexity index is 1470. The van der Waals surface area contributed by atoms with Crippen LogP contribution in [0.2, 0.25) is 5.02 Å². The maximum Gasteiger partial charge on any atom is 0.269 e. The van der Waals surface area contributed by atoms with Crippen molar-refractivity contribution in [3.05, 3.63) is 103 Å². The summed E-state index contributed by atoms with van der Waals surface area (Å²) in [4.78, 5) is 27.1. The molecule has 0 bridgehead atoms. The van der Waals surface area contributed by atoms with Gasteiger partial charge in [0.25, 0.3) is 11.4 Å². The van der Waals surface area contributed by atoms with Crippen LogP contribution in [0.25, 0.3) is 5.69 Å². The maximum atomic E-state index is 11.0. The van der Waals surface area contributed by atoms with Gasteiger partial charge in [0.05, 0.1) is 21.2 Å². The lowest BCUT2D eigenvalue weighted by Gasteiger charge is -2.23. The number of anilines is 3. The van der Waals surface area contributed by atoms with Crippen molar-refractivity contribution in [2.45, 2.75) is 0 Å². The largest absolute Gasteiger partial charge is 0.332 e. The van der Waals surface area contributed by atoms with Crippen LogP contribution in [0.15, 0.2) is 72.8 Å². The maximum absolute atomic E-state index is 11.0. The summed E-state index contributed by atoms with van der Waals surface area (Å²) in [6.07, 6.45) is 0. The molecule has 35 heavy (non-hydrogen) atoms. The van der Waals surface area contributed by atoms with E-state index in [1.165, 1.54) is 35.8 Å². The second-order valence-electron chi connectivity index (χ2n) is 6.88. The zero-order valence-corrected chi connectivity index (χ0v) is 20.6. The third-order valence-corrected chi connectivity index (χ3v) is 6.57.